The SMILES string of the molecule is CC/C=C\C/C=C\C/C=C\C/C=C\C/C=C\C/C=C\CCCCCCCCCCC(=O)OC(COC(=O)CC/C=C\C/C=C\C/C=C\C/C=C\C/C=C\C/C=C\CC)COC(OCC[N+](C)(C)C)C(=O)O. The summed E-state index contributed by atoms with van der Waals surface area (Å²) in [6, 6.07) is 0. The van der Waals surface area contributed by atoms with Crippen LogP contribution >= 0.6 is 0 Å². The number of allylic oxidation sites excluding steroid dienone is 24. The first-order chi connectivity index (χ1) is 34.6. The quantitative estimate of drug-likeness (QED) is 0.0211. The lowest BCUT2D eigenvalue weighted by Gasteiger charge is -2.25. The molecule has 0 saturated carbocycles. The van der Waals surface area contributed by atoms with E-state index in [2.05, 4.69) is 148 Å². The number of esters is 2. The maximum atomic E-state index is 12.9. The van der Waals surface area contributed by atoms with Crippen molar-refractivity contribution in [1.82, 2.24) is 0 Å². The molecule has 0 saturated heterocycles. The predicted octanol–water partition coefficient (Wildman–Crippen LogP) is 15.7. The standard InChI is InChI=1S/C62H97NO8/c1-6-8-10-12-14-16-18-20-22-24-26-27-28-29-30-31-32-33-35-37-39-41-43-45-47-49-51-53-60(65)71-58(57-70-62(61(66)67)68-55-54-63(3,4)5)56-69-59(64)52-50-48-46-44-42-40-38-36-34-25-23-21-19-17-15-13-11-9-7-2/h8-11,14-17,20-23,26-27,29-30,32-34,36,40,42,46,48,58,62H,6-7,12-13,18-19,24-25,28,31,35,37-39,41,43-45,47,49-57H2,1-5H3/p+1/b10-8-,11-9-,16-14-,17-15-,22-20-,23-21-,27-26-,30-29-,33-32-,36-34-,42-40-,48-46-. The van der Waals surface area contributed by atoms with Crippen molar-refractivity contribution < 1.29 is 42.9 Å². The molecule has 0 spiro atoms. The Kier molecular flexibility index (Phi) is 48.0. The molecule has 0 aliphatic carbocycles. The number of ether oxygens (including phenoxy) is 4. The van der Waals surface area contributed by atoms with Crippen molar-refractivity contribution in [2.24, 2.45) is 0 Å². The van der Waals surface area contributed by atoms with Crippen molar-refractivity contribution in [2.75, 3.05) is 47.5 Å². The van der Waals surface area contributed by atoms with Gasteiger partial charge in [0.1, 0.15) is 13.2 Å². The molecule has 0 aliphatic heterocycles. The summed E-state index contributed by atoms with van der Waals surface area (Å²) < 4.78 is 22.7. The second-order valence-corrected chi connectivity index (χ2v) is 18.4. The van der Waals surface area contributed by atoms with Gasteiger partial charge in [0, 0.05) is 12.8 Å². The number of carbonyl (C=O) groups is 3. The molecule has 0 heterocycles. The van der Waals surface area contributed by atoms with Gasteiger partial charge in [-0.25, -0.2) is 4.79 Å². The molecule has 0 aromatic heterocycles. The van der Waals surface area contributed by atoms with Crippen LogP contribution in [-0.4, -0.2) is 87.4 Å². The fourth-order valence-corrected chi connectivity index (χ4v) is 6.51. The normalized spacial score (nSPS) is 14.0. The molecule has 398 valence electrons. The van der Waals surface area contributed by atoms with Crippen LogP contribution in [0, 0.1) is 0 Å². The number of carboxylic acid groups (broad SMARTS) is 1. The van der Waals surface area contributed by atoms with Gasteiger partial charge < -0.3 is 28.5 Å². The molecule has 0 amide bonds. The van der Waals surface area contributed by atoms with Gasteiger partial charge in [-0.1, -0.05) is 198 Å². The summed E-state index contributed by atoms with van der Waals surface area (Å²) in [5.74, 6) is -2.15. The fourth-order valence-electron chi connectivity index (χ4n) is 6.51. The number of quaternary nitrogens is 1. The molecule has 0 aromatic carbocycles. The summed E-state index contributed by atoms with van der Waals surface area (Å²) in [5.41, 5.74) is 0. The Morgan fingerprint density at radius 3 is 1.18 bits per heavy atom. The molecule has 0 aromatic rings. The molecule has 2 unspecified atom stereocenters. The minimum atomic E-state index is -1.54. The Morgan fingerprint density at radius 1 is 0.423 bits per heavy atom. The minimum Gasteiger partial charge on any atom is -0.477 e. The molecule has 9 heteroatoms. The van der Waals surface area contributed by atoms with Crippen molar-refractivity contribution in [3.05, 3.63) is 146 Å². The Balaban J connectivity index is 4.44. The molecule has 0 rings (SSSR count). The first-order valence-electron chi connectivity index (χ1n) is 27.0. The van der Waals surface area contributed by atoms with E-state index in [4.69, 9.17) is 18.9 Å². The minimum absolute atomic E-state index is 0.166. The third-order valence-corrected chi connectivity index (χ3v) is 10.6. The summed E-state index contributed by atoms with van der Waals surface area (Å²) in [6.45, 7) is 4.52. The largest absolute Gasteiger partial charge is 0.477 e. The van der Waals surface area contributed by atoms with Crippen LogP contribution in [0.5, 0.6) is 0 Å². The zero-order valence-corrected chi connectivity index (χ0v) is 45.1. The molecule has 9 nitrogen and oxygen atoms in total. The lowest BCUT2D eigenvalue weighted by Crippen LogP contribution is -2.40. The van der Waals surface area contributed by atoms with Crippen LogP contribution in [0.15, 0.2) is 146 Å². The number of unbranched alkanes of at least 4 members (excludes halogenated alkanes) is 8. The van der Waals surface area contributed by atoms with Crippen molar-refractivity contribution in [3.8, 4) is 0 Å². The van der Waals surface area contributed by atoms with E-state index in [-0.39, 0.29) is 32.7 Å². The van der Waals surface area contributed by atoms with Crippen molar-refractivity contribution in [1.29, 1.82) is 0 Å². The molecule has 0 aliphatic rings. The second kappa shape index (κ2) is 51.5. The lowest BCUT2D eigenvalue weighted by molar-refractivity contribution is -0.870. The number of hydrogen-bond donors (Lipinski definition) is 1. The first-order valence-corrected chi connectivity index (χ1v) is 27.0. The first kappa shape index (κ1) is 66.2. The van der Waals surface area contributed by atoms with Gasteiger partial charge in [0.15, 0.2) is 6.10 Å². The maximum absolute atomic E-state index is 12.9. The Morgan fingerprint density at radius 2 is 0.789 bits per heavy atom. The van der Waals surface area contributed by atoms with Gasteiger partial charge >= 0.3 is 17.9 Å². The van der Waals surface area contributed by atoms with E-state index in [1.807, 2.05) is 33.3 Å². The molecule has 71 heavy (non-hydrogen) atoms. The maximum Gasteiger partial charge on any atom is 0.361 e. The van der Waals surface area contributed by atoms with Gasteiger partial charge in [-0.2, -0.15) is 0 Å². The highest BCUT2D eigenvalue weighted by molar-refractivity contribution is 5.71. The Hall–Kier alpha value is -4.83. The van der Waals surface area contributed by atoms with Gasteiger partial charge in [-0.15, -0.1) is 0 Å². The van der Waals surface area contributed by atoms with E-state index >= 15 is 0 Å². The van der Waals surface area contributed by atoms with Crippen LogP contribution in [0.4, 0.5) is 0 Å². The molecular formula is C62H98NO8+. The number of likely N-dealkylation sites (N-methyl/N-ethyl adjacent to an activating group) is 1. The fraction of sp³-hybridized carbons (Fsp3) is 0.565. The smallest absolute Gasteiger partial charge is 0.361 e. The van der Waals surface area contributed by atoms with E-state index in [1.54, 1.807) is 0 Å². The average molecular weight is 985 g/mol. The molecule has 1 N–H and O–H groups in total. The van der Waals surface area contributed by atoms with Crippen LogP contribution in [-0.2, 0) is 33.3 Å². The molecule has 0 fully saturated rings. The van der Waals surface area contributed by atoms with Gasteiger partial charge in [0.2, 0.25) is 0 Å². The highest BCUT2D eigenvalue weighted by atomic mass is 16.7. The molecule has 0 radical (unpaired) electrons. The van der Waals surface area contributed by atoms with Gasteiger partial charge in [-0.05, 0) is 103 Å². The third kappa shape index (κ3) is 52.8. The van der Waals surface area contributed by atoms with E-state index in [0.717, 1.165) is 103 Å². The number of nitrogens with zero attached hydrogens (tertiary/aromatic N) is 1. The Bertz CT molecular complexity index is 1670. The molecule has 0 bridgehead atoms. The summed E-state index contributed by atoms with van der Waals surface area (Å²) in [7, 11) is 5.93. The predicted molar refractivity (Wildman–Crippen MR) is 299 cm³/mol. The number of carbonyl (C=O) groups excluding carboxylic acids is 2. The van der Waals surface area contributed by atoms with Crippen LogP contribution in [0.1, 0.15) is 168 Å². The number of aliphatic carboxylic acids is 1. The van der Waals surface area contributed by atoms with E-state index in [0.29, 0.717) is 23.9 Å². The summed E-state index contributed by atoms with van der Waals surface area (Å²) in [4.78, 5) is 37.3. The van der Waals surface area contributed by atoms with Crippen molar-refractivity contribution in [3.63, 3.8) is 0 Å². The number of rotatable bonds is 47. The lowest BCUT2D eigenvalue weighted by atomic mass is 10.1. The van der Waals surface area contributed by atoms with E-state index < -0.39 is 30.3 Å². The zero-order chi connectivity index (χ0) is 52.0. The Labute approximate surface area is 432 Å². The van der Waals surface area contributed by atoms with Crippen molar-refractivity contribution >= 4 is 17.9 Å². The summed E-state index contributed by atoms with van der Waals surface area (Å²) in [6.07, 6.45) is 72.2. The van der Waals surface area contributed by atoms with E-state index in [9.17, 15) is 19.5 Å². The van der Waals surface area contributed by atoms with Crippen LogP contribution < -0.4 is 0 Å². The van der Waals surface area contributed by atoms with Crippen LogP contribution in [0.3, 0.4) is 0 Å². The summed E-state index contributed by atoms with van der Waals surface area (Å²) >= 11 is 0. The van der Waals surface area contributed by atoms with Gasteiger partial charge in [0.25, 0.3) is 6.29 Å². The number of hydrogen-bond acceptors (Lipinski definition) is 7. The average Bonchev–Trinajstić information content (AvgIpc) is 3.34. The zero-order valence-electron chi connectivity index (χ0n) is 45.1. The third-order valence-electron chi connectivity index (χ3n) is 10.6. The van der Waals surface area contributed by atoms with Gasteiger partial charge in [-0.3, -0.25) is 9.59 Å². The van der Waals surface area contributed by atoms with Gasteiger partial charge in [0.05, 0.1) is 34.4 Å². The number of carboxylic acids is 1. The van der Waals surface area contributed by atoms with Crippen LogP contribution in [0.2, 0.25) is 0 Å². The summed E-state index contributed by atoms with van der Waals surface area (Å²) in [5, 5.41) is 9.68. The van der Waals surface area contributed by atoms with Crippen LogP contribution in [0.25, 0.3) is 0 Å². The van der Waals surface area contributed by atoms with Crippen molar-refractivity contribution in [2.45, 2.75) is 180 Å². The monoisotopic (exact) mass is 985 g/mol. The second-order valence-electron chi connectivity index (χ2n) is 18.4. The highest BCUT2D eigenvalue weighted by Crippen LogP contribution is 2.13. The molecular weight excluding hydrogens is 887 g/mol. The van der Waals surface area contributed by atoms with E-state index in [1.165, 1.54) is 25.7 Å². The molecule has 2 atom stereocenters. The topological polar surface area (TPSA) is 108 Å². The highest BCUT2D eigenvalue weighted by Gasteiger charge is 2.25.